The summed E-state index contributed by atoms with van der Waals surface area (Å²) in [6.07, 6.45) is 5.10. The standard InChI is InChI=1S/C15H29N3O4S2/c1-2-23(19,20)18(11-10-16-8-4-3-5-9-16)14-12-17(13-14)24(21,22)15-6-7-15/h14-15H,2-13H2,1H3. The lowest BCUT2D eigenvalue weighted by molar-refractivity contribution is 0.135. The van der Waals surface area contributed by atoms with Gasteiger partial charge in [0.2, 0.25) is 20.0 Å². The molecule has 0 aromatic rings. The molecular formula is C15H29N3O4S2. The Labute approximate surface area is 146 Å². The van der Waals surface area contributed by atoms with Crippen LogP contribution in [0.2, 0.25) is 0 Å². The third kappa shape index (κ3) is 3.95. The fourth-order valence-electron chi connectivity index (χ4n) is 3.52. The van der Waals surface area contributed by atoms with E-state index >= 15 is 0 Å². The SMILES string of the molecule is CCS(=O)(=O)N(CCN1CCCCC1)C1CN(S(=O)(=O)C2CC2)C1. The number of likely N-dealkylation sites (tertiary alicyclic amines) is 1. The topological polar surface area (TPSA) is 78.0 Å². The normalized spacial score (nSPS) is 25.1. The van der Waals surface area contributed by atoms with Crippen LogP contribution in [0.3, 0.4) is 0 Å². The molecule has 0 unspecified atom stereocenters. The molecule has 0 N–H and O–H groups in total. The van der Waals surface area contributed by atoms with Gasteiger partial charge in [-0.3, -0.25) is 0 Å². The van der Waals surface area contributed by atoms with Gasteiger partial charge in [0.15, 0.2) is 0 Å². The predicted molar refractivity (Wildman–Crippen MR) is 93.8 cm³/mol. The summed E-state index contributed by atoms with van der Waals surface area (Å²) in [7, 11) is -6.49. The zero-order valence-electron chi connectivity index (χ0n) is 14.4. The summed E-state index contributed by atoms with van der Waals surface area (Å²) in [5.41, 5.74) is 0. The average molecular weight is 380 g/mol. The lowest BCUT2D eigenvalue weighted by atomic mass is 10.1. The third-order valence-electron chi connectivity index (χ3n) is 5.35. The van der Waals surface area contributed by atoms with Gasteiger partial charge in [0.25, 0.3) is 0 Å². The maximum absolute atomic E-state index is 12.4. The van der Waals surface area contributed by atoms with Gasteiger partial charge in [-0.05, 0) is 45.7 Å². The molecule has 3 rings (SSSR count). The zero-order chi connectivity index (χ0) is 17.4. The van der Waals surface area contributed by atoms with E-state index in [1.807, 2.05) is 0 Å². The van der Waals surface area contributed by atoms with Crippen molar-refractivity contribution in [2.75, 3.05) is 45.0 Å². The van der Waals surface area contributed by atoms with Crippen LogP contribution >= 0.6 is 0 Å². The molecule has 0 radical (unpaired) electrons. The van der Waals surface area contributed by atoms with Gasteiger partial charge < -0.3 is 4.90 Å². The summed E-state index contributed by atoms with van der Waals surface area (Å²) in [4.78, 5) is 2.32. The molecular weight excluding hydrogens is 350 g/mol. The van der Waals surface area contributed by atoms with E-state index in [2.05, 4.69) is 4.90 Å². The molecule has 9 heteroatoms. The maximum atomic E-state index is 12.4. The van der Waals surface area contributed by atoms with Crippen LogP contribution in [-0.2, 0) is 20.0 Å². The van der Waals surface area contributed by atoms with E-state index in [0.29, 0.717) is 19.6 Å². The number of hydrogen-bond acceptors (Lipinski definition) is 5. The van der Waals surface area contributed by atoms with E-state index < -0.39 is 20.0 Å². The second-order valence-electron chi connectivity index (χ2n) is 7.13. The first-order valence-electron chi connectivity index (χ1n) is 9.05. The Bertz CT molecular complexity index is 634. The molecule has 7 nitrogen and oxygen atoms in total. The minimum absolute atomic E-state index is 0.0683. The number of nitrogens with zero attached hydrogens (tertiary/aromatic N) is 3. The molecule has 3 fully saturated rings. The van der Waals surface area contributed by atoms with Crippen LogP contribution < -0.4 is 0 Å². The van der Waals surface area contributed by atoms with E-state index in [4.69, 9.17) is 0 Å². The highest BCUT2D eigenvalue weighted by Crippen LogP contribution is 2.34. The van der Waals surface area contributed by atoms with Crippen molar-refractivity contribution >= 4 is 20.0 Å². The number of rotatable bonds is 8. The average Bonchev–Trinajstić information content (AvgIpc) is 3.35. The second kappa shape index (κ2) is 7.19. The van der Waals surface area contributed by atoms with Crippen molar-refractivity contribution in [2.45, 2.75) is 50.3 Å². The van der Waals surface area contributed by atoms with Crippen LogP contribution in [0.4, 0.5) is 0 Å². The second-order valence-corrected chi connectivity index (χ2v) is 11.6. The van der Waals surface area contributed by atoms with Gasteiger partial charge in [-0.2, -0.15) is 8.61 Å². The van der Waals surface area contributed by atoms with Crippen molar-refractivity contribution in [3.05, 3.63) is 0 Å². The first-order chi connectivity index (χ1) is 11.3. The van der Waals surface area contributed by atoms with Crippen molar-refractivity contribution < 1.29 is 16.8 Å². The van der Waals surface area contributed by atoms with Crippen LogP contribution in [0.25, 0.3) is 0 Å². The zero-order valence-corrected chi connectivity index (χ0v) is 16.1. The lowest BCUT2D eigenvalue weighted by Gasteiger charge is -2.44. The highest BCUT2D eigenvalue weighted by Gasteiger charge is 2.48. The highest BCUT2D eigenvalue weighted by atomic mass is 32.2. The molecule has 140 valence electrons. The third-order valence-corrected chi connectivity index (χ3v) is 9.61. The predicted octanol–water partition coefficient (Wildman–Crippen LogP) is 0.300. The monoisotopic (exact) mass is 379 g/mol. The molecule has 0 aromatic carbocycles. The molecule has 3 aliphatic rings. The van der Waals surface area contributed by atoms with Gasteiger partial charge >= 0.3 is 0 Å². The smallest absolute Gasteiger partial charge is 0.217 e. The lowest BCUT2D eigenvalue weighted by Crippen LogP contribution is -2.63. The fraction of sp³-hybridized carbons (Fsp3) is 1.00. The molecule has 2 aliphatic heterocycles. The van der Waals surface area contributed by atoms with Crippen molar-refractivity contribution in [1.29, 1.82) is 0 Å². The molecule has 24 heavy (non-hydrogen) atoms. The van der Waals surface area contributed by atoms with E-state index in [-0.39, 0.29) is 17.0 Å². The summed E-state index contributed by atoms with van der Waals surface area (Å²) in [5, 5.41) is -0.219. The highest BCUT2D eigenvalue weighted by molar-refractivity contribution is 7.90. The Hall–Kier alpha value is -0.220. The Kier molecular flexibility index (Phi) is 5.56. The minimum atomic E-state index is -3.31. The summed E-state index contributed by atoms with van der Waals surface area (Å²) in [6, 6.07) is -0.201. The largest absolute Gasteiger partial charge is 0.302 e. The number of piperidine rings is 1. The van der Waals surface area contributed by atoms with Crippen LogP contribution in [-0.4, -0.2) is 86.7 Å². The molecule has 2 saturated heterocycles. The van der Waals surface area contributed by atoms with Gasteiger partial charge in [-0.1, -0.05) is 6.42 Å². The van der Waals surface area contributed by atoms with Crippen LogP contribution in [0, 0.1) is 0 Å². The maximum Gasteiger partial charge on any atom is 0.217 e. The molecule has 0 amide bonds. The number of hydrogen-bond donors (Lipinski definition) is 0. The first-order valence-corrected chi connectivity index (χ1v) is 12.2. The summed E-state index contributed by atoms with van der Waals surface area (Å²) >= 11 is 0. The van der Waals surface area contributed by atoms with Crippen molar-refractivity contribution in [2.24, 2.45) is 0 Å². The molecule has 1 saturated carbocycles. The molecule has 0 spiro atoms. The Morgan fingerprint density at radius 2 is 1.62 bits per heavy atom. The molecule has 0 aromatic heterocycles. The van der Waals surface area contributed by atoms with Gasteiger partial charge in [0, 0.05) is 26.2 Å². The Morgan fingerprint density at radius 3 is 2.17 bits per heavy atom. The quantitative estimate of drug-likeness (QED) is 0.606. The first kappa shape index (κ1) is 18.6. The molecule has 2 heterocycles. The Balaban J connectivity index is 1.59. The van der Waals surface area contributed by atoms with Gasteiger partial charge in [0.1, 0.15) is 0 Å². The van der Waals surface area contributed by atoms with Crippen molar-refractivity contribution in [3.63, 3.8) is 0 Å². The van der Waals surface area contributed by atoms with E-state index in [1.54, 1.807) is 11.2 Å². The van der Waals surface area contributed by atoms with Crippen LogP contribution in [0.1, 0.15) is 39.0 Å². The molecule has 1 aliphatic carbocycles. The summed E-state index contributed by atoms with van der Waals surface area (Å²) in [6.45, 7) is 5.57. The van der Waals surface area contributed by atoms with E-state index in [0.717, 1.165) is 32.5 Å². The Morgan fingerprint density at radius 1 is 1.00 bits per heavy atom. The van der Waals surface area contributed by atoms with Gasteiger partial charge in [-0.25, -0.2) is 16.8 Å². The van der Waals surface area contributed by atoms with Crippen LogP contribution in [0.15, 0.2) is 0 Å². The van der Waals surface area contributed by atoms with E-state index in [1.165, 1.54) is 23.6 Å². The molecule has 0 bridgehead atoms. The summed E-state index contributed by atoms with van der Waals surface area (Å²) < 4.78 is 52.4. The molecule has 0 atom stereocenters. The number of sulfonamides is 2. The van der Waals surface area contributed by atoms with Gasteiger partial charge in [-0.15, -0.1) is 0 Å². The van der Waals surface area contributed by atoms with Crippen molar-refractivity contribution in [3.8, 4) is 0 Å². The van der Waals surface area contributed by atoms with Gasteiger partial charge in [0.05, 0.1) is 17.0 Å². The minimum Gasteiger partial charge on any atom is -0.302 e. The van der Waals surface area contributed by atoms with E-state index in [9.17, 15) is 16.8 Å². The fourth-order valence-corrected chi connectivity index (χ4v) is 6.71. The van der Waals surface area contributed by atoms with Crippen LogP contribution in [0.5, 0.6) is 0 Å². The van der Waals surface area contributed by atoms with Crippen molar-refractivity contribution in [1.82, 2.24) is 13.5 Å². The summed E-state index contributed by atoms with van der Waals surface area (Å²) in [5.74, 6) is 0.0683.